The molecule has 1 fully saturated rings. The minimum atomic E-state index is -0.832. The van der Waals surface area contributed by atoms with Gasteiger partial charge in [0.1, 0.15) is 6.54 Å². The Morgan fingerprint density at radius 1 is 1.06 bits per heavy atom. The lowest BCUT2D eigenvalue weighted by Gasteiger charge is -2.09. The first-order chi connectivity index (χ1) is 8.74. The summed E-state index contributed by atoms with van der Waals surface area (Å²) in [6.45, 7) is 0.00861. The van der Waals surface area contributed by atoms with E-state index in [1.165, 1.54) is 19.3 Å². The molecule has 0 aromatic heterocycles. The Morgan fingerprint density at radius 3 is 1.94 bits per heavy atom. The van der Waals surface area contributed by atoms with Crippen molar-refractivity contribution < 1.29 is 9.90 Å². The van der Waals surface area contributed by atoms with Crippen molar-refractivity contribution in [3.8, 4) is 0 Å². The molecule has 0 radical (unpaired) electrons. The molecule has 3 rings (SSSR count). The maximum Gasteiger partial charge on any atom is 0.323 e. The van der Waals surface area contributed by atoms with Crippen molar-refractivity contribution in [2.75, 3.05) is 6.54 Å². The number of carbonyl (C=O) groups is 1. The van der Waals surface area contributed by atoms with Crippen molar-refractivity contribution in [3.63, 3.8) is 0 Å². The van der Waals surface area contributed by atoms with Gasteiger partial charge in [-0.2, -0.15) is 0 Å². The summed E-state index contributed by atoms with van der Waals surface area (Å²) in [5.74, 6) is 1.15. The molecule has 3 nitrogen and oxygen atoms in total. The minimum absolute atomic E-state index is 0.00861. The molecule has 3 heteroatoms. The molecule has 3 aliphatic rings. The lowest BCUT2D eigenvalue weighted by Crippen LogP contribution is -2.18. The van der Waals surface area contributed by atoms with Crippen LogP contribution in [0.2, 0.25) is 0 Å². The number of fused-ring (bicyclic) bond motifs is 2. The standard InChI is InChI=1S/C8H9NO2.C7H10/c10-8(11)7-9-5-3-1-2-4-6-9;1-2-7-4-3-6(1)5-7/h1-6H,7H2,(H,10,11);1-2,6-7H,3-5H2. The summed E-state index contributed by atoms with van der Waals surface area (Å²) in [5.41, 5.74) is 0. The van der Waals surface area contributed by atoms with Crippen LogP contribution in [0.4, 0.5) is 0 Å². The largest absolute Gasteiger partial charge is 0.480 e. The predicted octanol–water partition coefficient (Wildman–Crippen LogP) is 2.94. The second kappa shape index (κ2) is 6.24. The Hall–Kier alpha value is -1.77. The highest BCUT2D eigenvalue weighted by atomic mass is 16.4. The van der Waals surface area contributed by atoms with E-state index in [1.54, 1.807) is 29.5 Å². The van der Waals surface area contributed by atoms with Gasteiger partial charge in [-0.1, -0.05) is 24.3 Å². The quantitative estimate of drug-likeness (QED) is 0.760. The van der Waals surface area contributed by atoms with Crippen LogP contribution in [0.25, 0.3) is 0 Å². The van der Waals surface area contributed by atoms with Crippen molar-refractivity contribution in [3.05, 3.63) is 48.9 Å². The van der Waals surface area contributed by atoms with Crippen LogP contribution in [-0.4, -0.2) is 22.5 Å². The third kappa shape index (κ3) is 3.91. The molecule has 2 atom stereocenters. The molecule has 2 unspecified atom stereocenters. The van der Waals surface area contributed by atoms with E-state index in [0.717, 1.165) is 11.8 Å². The number of aliphatic carboxylic acids is 1. The van der Waals surface area contributed by atoms with Gasteiger partial charge >= 0.3 is 5.97 Å². The molecule has 18 heavy (non-hydrogen) atoms. The monoisotopic (exact) mass is 245 g/mol. The fraction of sp³-hybridized carbons (Fsp3) is 0.400. The van der Waals surface area contributed by atoms with Gasteiger partial charge in [0.25, 0.3) is 0 Å². The molecular formula is C15H19NO2. The van der Waals surface area contributed by atoms with Crippen LogP contribution >= 0.6 is 0 Å². The first-order valence-corrected chi connectivity index (χ1v) is 6.41. The highest BCUT2D eigenvalue weighted by Gasteiger charge is 2.25. The summed E-state index contributed by atoms with van der Waals surface area (Å²) in [5, 5.41) is 8.43. The van der Waals surface area contributed by atoms with Crippen molar-refractivity contribution in [1.29, 1.82) is 0 Å². The summed E-state index contributed by atoms with van der Waals surface area (Å²) in [7, 11) is 0. The first kappa shape index (κ1) is 12.7. The molecule has 96 valence electrons. The number of rotatable bonds is 2. The normalized spacial score (nSPS) is 27.0. The van der Waals surface area contributed by atoms with Crippen LogP contribution in [0.15, 0.2) is 48.9 Å². The summed E-state index contributed by atoms with van der Waals surface area (Å²) in [4.78, 5) is 11.8. The van der Waals surface area contributed by atoms with E-state index in [0.29, 0.717) is 0 Å². The van der Waals surface area contributed by atoms with Gasteiger partial charge in [-0.15, -0.1) is 0 Å². The Morgan fingerprint density at radius 2 is 1.61 bits per heavy atom. The molecule has 0 aromatic carbocycles. The number of hydrogen-bond donors (Lipinski definition) is 1. The topological polar surface area (TPSA) is 40.5 Å². The first-order valence-electron chi connectivity index (χ1n) is 6.41. The second-order valence-electron chi connectivity index (χ2n) is 4.85. The van der Waals surface area contributed by atoms with Crippen molar-refractivity contribution >= 4 is 5.97 Å². The van der Waals surface area contributed by atoms with E-state index in [4.69, 9.17) is 5.11 Å². The SMILES string of the molecule is C1=CC2CCC1C2.O=C(O)CN1C=CC=CC=C1. The molecule has 1 N–H and O–H groups in total. The molecule has 2 bridgehead atoms. The van der Waals surface area contributed by atoms with E-state index in [-0.39, 0.29) is 6.54 Å². The zero-order valence-electron chi connectivity index (χ0n) is 10.4. The molecule has 0 aromatic rings. The maximum atomic E-state index is 10.2. The van der Waals surface area contributed by atoms with Crippen LogP contribution in [0.5, 0.6) is 0 Å². The molecule has 1 saturated carbocycles. The lowest BCUT2D eigenvalue weighted by molar-refractivity contribution is -0.137. The van der Waals surface area contributed by atoms with Crippen molar-refractivity contribution in [2.24, 2.45) is 11.8 Å². The number of carboxylic acid groups (broad SMARTS) is 1. The van der Waals surface area contributed by atoms with E-state index in [2.05, 4.69) is 12.2 Å². The molecule has 0 spiro atoms. The van der Waals surface area contributed by atoms with Gasteiger partial charge in [-0.3, -0.25) is 4.79 Å². The van der Waals surface area contributed by atoms with Gasteiger partial charge in [0.05, 0.1) is 0 Å². The van der Waals surface area contributed by atoms with Crippen LogP contribution < -0.4 is 0 Å². The number of allylic oxidation sites excluding steroid dienone is 6. The molecule has 2 aliphatic carbocycles. The van der Waals surface area contributed by atoms with Crippen LogP contribution in [-0.2, 0) is 4.79 Å². The van der Waals surface area contributed by atoms with Gasteiger partial charge in [0.2, 0.25) is 0 Å². The lowest BCUT2D eigenvalue weighted by atomic mass is 10.1. The van der Waals surface area contributed by atoms with Crippen LogP contribution in [0.1, 0.15) is 19.3 Å². The third-order valence-corrected chi connectivity index (χ3v) is 3.38. The zero-order chi connectivity index (χ0) is 12.8. The highest BCUT2D eigenvalue weighted by Crippen LogP contribution is 2.38. The number of hydrogen-bond acceptors (Lipinski definition) is 2. The molecule has 0 saturated heterocycles. The fourth-order valence-electron chi connectivity index (χ4n) is 2.48. The fourth-order valence-corrected chi connectivity index (χ4v) is 2.48. The highest BCUT2D eigenvalue weighted by molar-refractivity contribution is 5.69. The van der Waals surface area contributed by atoms with Gasteiger partial charge in [0.15, 0.2) is 0 Å². The molecule has 1 heterocycles. The van der Waals surface area contributed by atoms with E-state index in [9.17, 15) is 4.79 Å². The Balaban J connectivity index is 0.000000146. The average Bonchev–Trinajstić information content (AvgIpc) is 2.91. The van der Waals surface area contributed by atoms with E-state index < -0.39 is 5.97 Å². The number of nitrogens with zero attached hydrogens (tertiary/aromatic N) is 1. The van der Waals surface area contributed by atoms with Gasteiger partial charge < -0.3 is 10.0 Å². The summed E-state index contributed by atoms with van der Waals surface area (Å²) < 4.78 is 0. The molecule has 0 amide bonds. The van der Waals surface area contributed by atoms with Crippen molar-refractivity contribution in [1.82, 2.24) is 4.90 Å². The zero-order valence-corrected chi connectivity index (χ0v) is 10.4. The third-order valence-electron chi connectivity index (χ3n) is 3.38. The van der Waals surface area contributed by atoms with E-state index >= 15 is 0 Å². The van der Waals surface area contributed by atoms with Gasteiger partial charge in [-0.05, 0) is 43.3 Å². The number of carboxylic acids is 1. The van der Waals surface area contributed by atoms with Crippen LogP contribution in [0.3, 0.4) is 0 Å². The predicted molar refractivity (Wildman–Crippen MR) is 71.7 cm³/mol. The maximum absolute atomic E-state index is 10.2. The van der Waals surface area contributed by atoms with Gasteiger partial charge in [0, 0.05) is 12.4 Å². The Kier molecular flexibility index (Phi) is 4.40. The van der Waals surface area contributed by atoms with E-state index in [1.807, 2.05) is 12.2 Å². The Labute approximate surface area is 108 Å². The van der Waals surface area contributed by atoms with Gasteiger partial charge in [-0.25, -0.2) is 0 Å². The summed E-state index contributed by atoms with van der Waals surface area (Å²) in [6.07, 6.45) is 19.9. The molecular weight excluding hydrogens is 226 g/mol. The summed E-state index contributed by atoms with van der Waals surface area (Å²) in [6, 6.07) is 0. The van der Waals surface area contributed by atoms with Crippen molar-refractivity contribution in [2.45, 2.75) is 19.3 Å². The Bertz CT molecular complexity index is 379. The van der Waals surface area contributed by atoms with Crippen LogP contribution in [0, 0.1) is 11.8 Å². The smallest absolute Gasteiger partial charge is 0.323 e. The average molecular weight is 245 g/mol. The summed E-state index contributed by atoms with van der Waals surface area (Å²) >= 11 is 0. The minimum Gasteiger partial charge on any atom is -0.480 e. The molecule has 1 aliphatic heterocycles. The second-order valence-corrected chi connectivity index (χ2v) is 4.85.